The number of methoxy groups -OCH3 is 1. The van der Waals surface area contributed by atoms with E-state index in [0.717, 1.165) is 7.11 Å². The second kappa shape index (κ2) is 6.36. The van der Waals surface area contributed by atoms with E-state index in [2.05, 4.69) is 4.74 Å². The zero-order valence-electron chi connectivity index (χ0n) is 5.63. The summed E-state index contributed by atoms with van der Waals surface area (Å²) in [6.07, 6.45) is -2.09. The zero-order chi connectivity index (χ0) is 8.15. The molecule has 0 aliphatic carbocycles. The summed E-state index contributed by atoms with van der Waals surface area (Å²) in [5.74, 6) is -3.03. The van der Waals surface area contributed by atoms with Gasteiger partial charge in [0, 0.05) is 19.5 Å². The average molecular weight is 254 g/mol. The van der Waals surface area contributed by atoms with E-state index in [-0.39, 0.29) is 22.4 Å². The first-order valence-corrected chi connectivity index (χ1v) is 2.51. The van der Waals surface area contributed by atoms with E-state index in [0.29, 0.717) is 0 Å². The molecule has 11 heavy (non-hydrogen) atoms. The summed E-state index contributed by atoms with van der Waals surface area (Å²) < 4.78 is 4.24. The van der Waals surface area contributed by atoms with Crippen molar-refractivity contribution in [3.8, 4) is 0 Å². The van der Waals surface area contributed by atoms with E-state index in [1.165, 1.54) is 0 Å². The molecule has 0 aromatic rings. The fraction of sp³-hybridized carbons (Fsp3) is 0.600. The standard InChI is InChI=1S/C5H8O5.Ag/c1-10-3(5(8)9)2-4(6)7;/h3H,2H2,1H3,(H,6,7)(H,8,9);/q;+2/p-2. The first kappa shape index (κ1) is 13.2. The molecule has 0 N–H and O–H groups in total. The molecule has 1 radical (unpaired) electrons. The minimum Gasteiger partial charge on any atom is -0.550 e. The Labute approximate surface area is 78.9 Å². The predicted octanol–water partition coefficient (Wildman–Crippen LogP) is -3.11. The molecule has 0 aromatic carbocycles. The number of ether oxygens (including phenoxy) is 1. The van der Waals surface area contributed by atoms with Crippen LogP contribution in [0.25, 0.3) is 0 Å². The van der Waals surface area contributed by atoms with E-state index in [1.54, 1.807) is 0 Å². The number of carboxylic acid groups (broad SMARTS) is 2. The molecule has 5 nitrogen and oxygen atoms in total. The van der Waals surface area contributed by atoms with E-state index < -0.39 is 24.5 Å². The maximum atomic E-state index is 9.94. The second-order valence-electron chi connectivity index (χ2n) is 1.62. The van der Waals surface area contributed by atoms with Gasteiger partial charge in [0.2, 0.25) is 0 Å². The second-order valence-corrected chi connectivity index (χ2v) is 1.62. The van der Waals surface area contributed by atoms with Gasteiger partial charge in [0.05, 0.1) is 5.97 Å². The van der Waals surface area contributed by atoms with Crippen LogP contribution in [0.15, 0.2) is 0 Å². The molecule has 6 heteroatoms. The normalized spacial score (nSPS) is 11.4. The quantitative estimate of drug-likeness (QED) is 0.495. The molecule has 0 fully saturated rings. The van der Waals surface area contributed by atoms with Gasteiger partial charge in [0.25, 0.3) is 0 Å². The van der Waals surface area contributed by atoms with Gasteiger partial charge >= 0.3 is 22.4 Å². The summed E-state index contributed by atoms with van der Waals surface area (Å²) in [5, 5.41) is 19.7. The van der Waals surface area contributed by atoms with Crippen LogP contribution in [-0.2, 0) is 36.7 Å². The number of carbonyl (C=O) groups excluding carboxylic acids is 2. The molecular formula is C5H6AgO5. The van der Waals surface area contributed by atoms with E-state index in [1.807, 2.05) is 0 Å². The van der Waals surface area contributed by atoms with Gasteiger partial charge in [-0.3, -0.25) is 0 Å². The molecule has 0 heterocycles. The maximum Gasteiger partial charge on any atom is 2.00 e. The summed E-state index contributed by atoms with van der Waals surface area (Å²) in [6, 6.07) is 0. The molecular weight excluding hydrogens is 248 g/mol. The Morgan fingerprint density at radius 1 is 1.45 bits per heavy atom. The fourth-order valence-electron chi connectivity index (χ4n) is 0.414. The van der Waals surface area contributed by atoms with Crippen molar-refractivity contribution in [3.05, 3.63) is 0 Å². The number of aliphatic carboxylic acids is 2. The molecule has 0 aliphatic heterocycles. The van der Waals surface area contributed by atoms with Crippen molar-refractivity contribution in [1.29, 1.82) is 0 Å². The zero-order valence-corrected chi connectivity index (χ0v) is 7.11. The molecule has 1 atom stereocenters. The summed E-state index contributed by atoms with van der Waals surface area (Å²) in [4.78, 5) is 19.7. The third kappa shape index (κ3) is 6.06. The van der Waals surface area contributed by atoms with Gasteiger partial charge in [0.1, 0.15) is 6.10 Å². The Balaban J connectivity index is 0. The largest absolute Gasteiger partial charge is 2.00 e. The van der Waals surface area contributed by atoms with Crippen LogP contribution >= 0.6 is 0 Å². The summed E-state index contributed by atoms with van der Waals surface area (Å²) in [6.45, 7) is 0. The van der Waals surface area contributed by atoms with Crippen LogP contribution in [0.1, 0.15) is 6.42 Å². The van der Waals surface area contributed by atoms with Crippen LogP contribution in [0.3, 0.4) is 0 Å². The summed E-state index contributed by atoms with van der Waals surface area (Å²) in [7, 11) is 1.09. The molecule has 0 amide bonds. The van der Waals surface area contributed by atoms with Gasteiger partial charge in [-0.25, -0.2) is 0 Å². The molecule has 1 unspecified atom stereocenters. The minimum atomic E-state index is -1.55. The van der Waals surface area contributed by atoms with Gasteiger partial charge < -0.3 is 24.5 Å². The molecule has 0 spiro atoms. The molecule has 0 aromatic heterocycles. The summed E-state index contributed by atoms with van der Waals surface area (Å²) in [5.41, 5.74) is 0. The van der Waals surface area contributed by atoms with Crippen LogP contribution in [0.2, 0.25) is 0 Å². The number of hydrogen-bond donors (Lipinski definition) is 0. The Morgan fingerprint density at radius 3 is 2.00 bits per heavy atom. The van der Waals surface area contributed by atoms with Crippen molar-refractivity contribution in [2.75, 3.05) is 7.11 Å². The van der Waals surface area contributed by atoms with Crippen molar-refractivity contribution < 1.29 is 46.9 Å². The average Bonchev–Trinajstić information content (AvgIpc) is 1.81. The monoisotopic (exact) mass is 253 g/mol. The molecule has 0 bridgehead atoms. The van der Waals surface area contributed by atoms with Gasteiger partial charge in [-0.05, 0) is 0 Å². The van der Waals surface area contributed by atoms with Crippen molar-refractivity contribution in [2.45, 2.75) is 12.5 Å². The maximum absolute atomic E-state index is 9.94. The smallest absolute Gasteiger partial charge is 0.550 e. The number of rotatable bonds is 4. The van der Waals surface area contributed by atoms with E-state index >= 15 is 0 Å². The third-order valence-electron chi connectivity index (χ3n) is 0.899. The Morgan fingerprint density at radius 2 is 1.91 bits per heavy atom. The molecule has 67 valence electrons. The molecule has 0 saturated heterocycles. The fourth-order valence-corrected chi connectivity index (χ4v) is 0.414. The van der Waals surface area contributed by atoms with Gasteiger partial charge in [0.15, 0.2) is 0 Å². The number of hydrogen-bond acceptors (Lipinski definition) is 5. The van der Waals surface area contributed by atoms with Crippen LogP contribution in [0.4, 0.5) is 0 Å². The number of carboxylic acids is 2. The number of carbonyl (C=O) groups is 2. The molecule has 0 rings (SSSR count). The van der Waals surface area contributed by atoms with Crippen LogP contribution in [-0.4, -0.2) is 25.2 Å². The minimum absolute atomic E-state index is 0. The Kier molecular flexibility index (Phi) is 7.65. The van der Waals surface area contributed by atoms with Crippen molar-refractivity contribution >= 4 is 11.9 Å². The van der Waals surface area contributed by atoms with E-state index in [9.17, 15) is 19.8 Å². The summed E-state index contributed by atoms with van der Waals surface area (Å²) >= 11 is 0. The van der Waals surface area contributed by atoms with Gasteiger partial charge in [-0.2, -0.15) is 0 Å². The SMILES string of the molecule is COC(CC(=O)[O-])C(=O)[O-].[Ag+2]. The molecule has 0 saturated carbocycles. The predicted molar refractivity (Wildman–Crippen MR) is 25.4 cm³/mol. The van der Waals surface area contributed by atoms with Crippen LogP contribution in [0, 0.1) is 0 Å². The first-order chi connectivity index (χ1) is 4.57. The van der Waals surface area contributed by atoms with Crippen molar-refractivity contribution in [1.82, 2.24) is 0 Å². The third-order valence-corrected chi connectivity index (χ3v) is 0.899. The van der Waals surface area contributed by atoms with Crippen LogP contribution < -0.4 is 10.2 Å². The Hall–Kier alpha value is -0.360. The van der Waals surface area contributed by atoms with Crippen molar-refractivity contribution in [3.63, 3.8) is 0 Å². The first-order valence-electron chi connectivity index (χ1n) is 2.51. The van der Waals surface area contributed by atoms with Gasteiger partial charge in [-0.15, -0.1) is 0 Å². The topological polar surface area (TPSA) is 89.5 Å². The molecule has 0 aliphatic rings. The van der Waals surface area contributed by atoms with Crippen LogP contribution in [0.5, 0.6) is 0 Å². The van der Waals surface area contributed by atoms with Crippen molar-refractivity contribution in [2.24, 2.45) is 0 Å². The van der Waals surface area contributed by atoms with Gasteiger partial charge in [-0.1, -0.05) is 0 Å². The van der Waals surface area contributed by atoms with E-state index in [4.69, 9.17) is 0 Å². The Bertz CT molecular complexity index is 146.